The van der Waals surface area contributed by atoms with Crippen molar-refractivity contribution in [1.82, 2.24) is 24.5 Å². The summed E-state index contributed by atoms with van der Waals surface area (Å²) in [7, 11) is 0. The van der Waals surface area contributed by atoms with Crippen LogP contribution in [0.15, 0.2) is 24.8 Å². The van der Waals surface area contributed by atoms with Crippen molar-refractivity contribution in [3.63, 3.8) is 0 Å². The maximum absolute atomic E-state index is 12.4. The Hall–Kier alpha value is -2.96. The van der Waals surface area contributed by atoms with Crippen LogP contribution in [0.3, 0.4) is 0 Å². The average Bonchev–Trinajstić information content (AvgIpc) is 3.24. The molecule has 1 aliphatic rings. The third-order valence-electron chi connectivity index (χ3n) is 5.45. The summed E-state index contributed by atoms with van der Waals surface area (Å²) in [4.78, 5) is 16.4. The van der Waals surface area contributed by atoms with E-state index in [-0.39, 0.29) is 11.8 Å². The molecule has 0 radical (unpaired) electrons. The van der Waals surface area contributed by atoms with E-state index in [0.29, 0.717) is 18.8 Å². The minimum atomic E-state index is 0.0177. The lowest BCUT2D eigenvalue weighted by Crippen LogP contribution is -2.24. The maximum Gasteiger partial charge on any atom is 0.226 e. The van der Waals surface area contributed by atoms with E-state index in [2.05, 4.69) is 60.3 Å². The minimum absolute atomic E-state index is 0.0177. The molecule has 0 unspecified atom stereocenters. The van der Waals surface area contributed by atoms with E-state index in [1.807, 2.05) is 9.36 Å². The molecule has 7 heteroatoms. The molecular weight excluding hydrogens is 340 g/mol. The summed E-state index contributed by atoms with van der Waals surface area (Å²) in [6, 6.07) is 4.43. The number of fused-ring (bicyclic) bond motifs is 1. The molecule has 2 aromatic heterocycles. The highest BCUT2D eigenvalue weighted by molar-refractivity contribution is 5.94. The van der Waals surface area contributed by atoms with Crippen molar-refractivity contribution < 1.29 is 4.79 Å². The first-order chi connectivity index (χ1) is 13.0. The first kappa shape index (κ1) is 17.5. The predicted octanol–water partition coefficient (Wildman–Crippen LogP) is 2.94. The van der Waals surface area contributed by atoms with Gasteiger partial charge in [0.25, 0.3) is 0 Å². The van der Waals surface area contributed by atoms with Gasteiger partial charge in [-0.1, -0.05) is 12.1 Å². The monoisotopic (exact) mass is 364 g/mol. The number of amides is 1. The fourth-order valence-corrected chi connectivity index (χ4v) is 4.06. The Kier molecular flexibility index (Phi) is 4.30. The van der Waals surface area contributed by atoms with Crippen LogP contribution in [-0.2, 0) is 17.9 Å². The fraction of sp³-hybridized carbons (Fsp3) is 0.400. The van der Waals surface area contributed by atoms with E-state index >= 15 is 0 Å². The summed E-state index contributed by atoms with van der Waals surface area (Å²) in [5.74, 6) is 0.739. The maximum atomic E-state index is 12.4. The zero-order chi connectivity index (χ0) is 19.1. The quantitative estimate of drug-likeness (QED) is 0.772. The summed E-state index contributed by atoms with van der Waals surface area (Å²) in [6.07, 6.45) is 3.71. The van der Waals surface area contributed by atoms with Gasteiger partial charge in [-0.05, 0) is 49.9 Å². The topological polar surface area (TPSA) is 77.6 Å². The highest BCUT2D eigenvalue weighted by Crippen LogP contribution is 2.40. The van der Waals surface area contributed by atoms with Crippen molar-refractivity contribution in [3.8, 4) is 0 Å². The van der Waals surface area contributed by atoms with Crippen LogP contribution < -0.4 is 5.32 Å². The molecule has 1 N–H and O–H groups in total. The third-order valence-corrected chi connectivity index (χ3v) is 5.45. The van der Waals surface area contributed by atoms with Gasteiger partial charge in [-0.3, -0.25) is 9.48 Å². The molecule has 1 atom stereocenters. The molecule has 7 nitrogen and oxygen atoms in total. The lowest BCUT2D eigenvalue weighted by atomic mass is 9.82. The van der Waals surface area contributed by atoms with Gasteiger partial charge in [-0.25, -0.2) is 9.67 Å². The number of anilines is 1. The number of carbonyl (C=O) groups is 1. The number of aryl methyl sites for hydroxylation is 3. The van der Waals surface area contributed by atoms with Crippen molar-refractivity contribution in [2.45, 2.75) is 53.1 Å². The molecule has 0 aliphatic carbocycles. The molecule has 140 valence electrons. The zero-order valence-corrected chi connectivity index (χ0v) is 16.2. The van der Waals surface area contributed by atoms with Gasteiger partial charge >= 0.3 is 0 Å². The van der Waals surface area contributed by atoms with Crippen molar-refractivity contribution >= 4 is 11.7 Å². The largest absolute Gasteiger partial charge is 0.309 e. The minimum Gasteiger partial charge on any atom is -0.309 e. The average molecular weight is 364 g/mol. The molecule has 0 saturated heterocycles. The second-order valence-corrected chi connectivity index (χ2v) is 7.20. The van der Waals surface area contributed by atoms with E-state index in [9.17, 15) is 4.79 Å². The SMILES string of the molecule is CCn1nc2c(c1C)[C@@H](c1cc(Cn3cncn3)c(C)cc1C)CC(=O)N2. The van der Waals surface area contributed by atoms with Gasteiger partial charge in [0.05, 0.1) is 6.54 Å². The molecule has 1 aliphatic heterocycles. The van der Waals surface area contributed by atoms with Crippen LogP contribution in [0, 0.1) is 20.8 Å². The van der Waals surface area contributed by atoms with Crippen LogP contribution in [0.25, 0.3) is 0 Å². The van der Waals surface area contributed by atoms with Gasteiger partial charge in [0.1, 0.15) is 12.7 Å². The second kappa shape index (κ2) is 6.64. The first-order valence-electron chi connectivity index (χ1n) is 9.27. The van der Waals surface area contributed by atoms with Crippen molar-refractivity contribution in [1.29, 1.82) is 0 Å². The van der Waals surface area contributed by atoms with Crippen LogP contribution in [0.1, 0.15) is 52.8 Å². The third kappa shape index (κ3) is 3.03. The van der Waals surface area contributed by atoms with Crippen molar-refractivity contribution in [3.05, 3.63) is 58.3 Å². The summed E-state index contributed by atoms with van der Waals surface area (Å²) >= 11 is 0. The lowest BCUT2D eigenvalue weighted by Gasteiger charge is -2.25. The standard InChI is InChI=1S/C20H24N6O/c1-5-26-14(4)19-17(8-18(27)23-20(19)24-26)16-7-15(12(2)6-13(16)3)9-25-11-21-10-22-25/h6-7,10-11,17H,5,8-9H2,1-4H3,(H,23,24,27)/t17-/m1/s1. The molecule has 27 heavy (non-hydrogen) atoms. The van der Waals surface area contributed by atoms with Crippen molar-refractivity contribution in [2.75, 3.05) is 5.32 Å². The number of nitrogens with one attached hydrogen (secondary N) is 1. The van der Waals surface area contributed by atoms with E-state index in [1.165, 1.54) is 22.3 Å². The molecule has 0 fully saturated rings. The predicted molar refractivity (Wildman–Crippen MR) is 103 cm³/mol. The second-order valence-electron chi connectivity index (χ2n) is 7.20. The number of hydrogen-bond donors (Lipinski definition) is 1. The fourth-order valence-electron chi connectivity index (χ4n) is 4.06. The molecule has 0 spiro atoms. The summed E-state index contributed by atoms with van der Waals surface area (Å²) in [5, 5.41) is 11.8. The Balaban J connectivity index is 1.81. The summed E-state index contributed by atoms with van der Waals surface area (Å²) < 4.78 is 3.78. The molecular formula is C20H24N6O. The van der Waals surface area contributed by atoms with Crippen LogP contribution in [0.4, 0.5) is 5.82 Å². The first-order valence-corrected chi connectivity index (χ1v) is 9.27. The number of carbonyl (C=O) groups excluding carboxylic acids is 1. The number of aromatic nitrogens is 5. The number of nitrogens with zero attached hydrogens (tertiary/aromatic N) is 5. The number of hydrogen-bond acceptors (Lipinski definition) is 4. The highest BCUT2D eigenvalue weighted by Gasteiger charge is 2.32. The highest BCUT2D eigenvalue weighted by atomic mass is 16.1. The molecule has 1 amide bonds. The zero-order valence-electron chi connectivity index (χ0n) is 16.2. The summed E-state index contributed by atoms with van der Waals surface area (Å²) in [6.45, 7) is 9.83. The van der Waals surface area contributed by atoms with E-state index in [1.54, 1.807) is 12.7 Å². The van der Waals surface area contributed by atoms with Crippen molar-refractivity contribution in [2.24, 2.45) is 0 Å². The van der Waals surface area contributed by atoms with E-state index in [0.717, 1.165) is 17.8 Å². The van der Waals surface area contributed by atoms with Gasteiger partial charge in [0.2, 0.25) is 5.91 Å². The molecule has 3 heterocycles. The van der Waals surface area contributed by atoms with Crippen LogP contribution in [0.5, 0.6) is 0 Å². The van der Waals surface area contributed by atoms with Gasteiger partial charge in [0.15, 0.2) is 5.82 Å². The van der Waals surface area contributed by atoms with Crippen LogP contribution in [-0.4, -0.2) is 30.5 Å². The van der Waals surface area contributed by atoms with Gasteiger partial charge in [-0.15, -0.1) is 0 Å². The van der Waals surface area contributed by atoms with E-state index < -0.39 is 0 Å². The van der Waals surface area contributed by atoms with Crippen LogP contribution in [0.2, 0.25) is 0 Å². The Morgan fingerprint density at radius 1 is 1.22 bits per heavy atom. The molecule has 0 saturated carbocycles. The van der Waals surface area contributed by atoms with Gasteiger partial charge < -0.3 is 5.32 Å². The molecule has 1 aromatic carbocycles. The Morgan fingerprint density at radius 2 is 2.04 bits per heavy atom. The lowest BCUT2D eigenvalue weighted by molar-refractivity contribution is -0.116. The molecule has 3 aromatic rings. The Bertz CT molecular complexity index is 1000. The normalized spacial score (nSPS) is 16.3. The van der Waals surface area contributed by atoms with E-state index in [4.69, 9.17) is 0 Å². The van der Waals surface area contributed by atoms with Gasteiger partial charge in [0, 0.05) is 30.1 Å². The molecule has 4 rings (SSSR count). The number of benzene rings is 1. The summed E-state index contributed by atoms with van der Waals surface area (Å²) in [5.41, 5.74) is 7.04. The molecule has 0 bridgehead atoms. The van der Waals surface area contributed by atoms with Crippen LogP contribution >= 0.6 is 0 Å². The Labute approximate surface area is 158 Å². The smallest absolute Gasteiger partial charge is 0.226 e. The number of rotatable bonds is 4. The van der Waals surface area contributed by atoms with Gasteiger partial charge in [-0.2, -0.15) is 10.2 Å². The Morgan fingerprint density at radius 3 is 2.74 bits per heavy atom.